The number of nitrogens with zero attached hydrogens (tertiary/aromatic N) is 3. The Balaban J connectivity index is 1.67. The molecule has 0 bridgehead atoms. The highest BCUT2D eigenvalue weighted by atomic mass is 19.1. The Morgan fingerprint density at radius 2 is 1.92 bits per heavy atom. The Bertz CT molecular complexity index is 726. The Labute approximate surface area is 153 Å². The number of pyridine rings is 1. The highest BCUT2D eigenvalue weighted by molar-refractivity contribution is 5.91. The number of halogens is 1. The standard InChI is InChI=1S/C20H24FN3O2/c1-15(26)24(19-5-3-18(21)4-6-19)13-17-2-7-20(22-12-17)23-10-8-16(14-25)9-11-23/h2-7,12,16,25H,8-11,13-14H2,1H3. The molecule has 5 nitrogen and oxygen atoms in total. The summed E-state index contributed by atoms with van der Waals surface area (Å²) in [6.45, 7) is 3.93. The first-order valence-electron chi connectivity index (χ1n) is 8.91. The third-order valence-electron chi connectivity index (χ3n) is 4.86. The van der Waals surface area contributed by atoms with E-state index < -0.39 is 0 Å². The zero-order chi connectivity index (χ0) is 18.5. The van der Waals surface area contributed by atoms with Gasteiger partial charge in [-0.05, 0) is 54.7 Å². The fraction of sp³-hybridized carbons (Fsp3) is 0.400. The van der Waals surface area contributed by atoms with Gasteiger partial charge in [0.1, 0.15) is 11.6 Å². The van der Waals surface area contributed by atoms with Gasteiger partial charge in [-0.3, -0.25) is 4.79 Å². The van der Waals surface area contributed by atoms with Crippen molar-refractivity contribution >= 4 is 17.4 Å². The van der Waals surface area contributed by atoms with E-state index in [0.29, 0.717) is 18.2 Å². The Kier molecular flexibility index (Phi) is 5.83. The van der Waals surface area contributed by atoms with E-state index in [1.807, 2.05) is 12.1 Å². The molecule has 2 aromatic rings. The molecule has 2 heterocycles. The normalized spacial score (nSPS) is 15.1. The fourth-order valence-corrected chi connectivity index (χ4v) is 3.23. The van der Waals surface area contributed by atoms with Gasteiger partial charge in [0, 0.05) is 38.5 Å². The van der Waals surface area contributed by atoms with Crippen LogP contribution in [0.1, 0.15) is 25.3 Å². The molecular weight excluding hydrogens is 333 g/mol. The Morgan fingerprint density at radius 3 is 2.46 bits per heavy atom. The molecule has 1 amide bonds. The third-order valence-corrected chi connectivity index (χ3v) is 4.86. The smallest absolute Gasteiger partial charge is 0.224 e. The molecule has 0 unspecified atom stereocenters. The number of benzene rings is 1. The molecule has 1 fully saturated rings. The lowest BCUT2D eigenvalue weighted by molar-refractivity contribution is -0.116. The van der Waals surface area contributed by atoms with Crippen LogP contribution in [0.2, 0.25) is 0 Å². The number of carbonyl (C=O) groups is 1. The molecule has 1 N–H and O–H groups in total. The zero-order valence-electron chi connectivity index (χ0n) is 14.9. The van der Waals surface area contributed by atoms with Crippen molar-refractivity contribution in [3.63, 3.8) is 0 Å². The Hall–Kier alpha value is -2.47. The number of hydrogen-bond acceptors (Lipinski definition) is 4. The van der Waals surface area contributed by atoms with Crippen LogP contribution >= 0.6 is 0 Å². The summed E-state index contributed by atoms with van der Waals surface area (Å²) in [5.74, 6) is 0.881. The van der Waals surface area contributed by atoms with Gasteiger partial charge < -0.3 is 14.9 Å². The molecule has 26 heavy (non-hydrogen) atoms. The van der Waals surface area contributed by atoms with Crippen LogP contribution in [0.15, 0.2) is 42.6 Å². The van der Waals surface area contributed by atoms with E-state index in [2.05, 4.69) is 9.88 Å². The minimum absolute atomic E-state index is 0.105. The van der Waals surface area contributed by atoms with Gasteiger partial charge in [-0.15, -0.1) is 0 Å². The van der Waals surface area contributed by atoms with E-state index in [1.165, 1.54) is 19.1 Å². The van der Waals surface area contributed by atoms with Gasteiger partial charge >= 0.3 is 0 Å². The van der Waals surface area contributed by atoms with Crippen LogP contribution in [-0.2, 0) is 11.3 Å². The minimum Gasteiger partial charge on any atom is -0.396 e. The number of anilines is 2. The summed E-state index contributed by atoms with van der Waals surface area (Å²) in [7, 11) is 0. The Morgan fingerprint density at radius 1 is 1.23 bits per heavy atom. The average Bonchev–Trinajstić information content (AvgIpc) is 2.67. The predicted molar refractivity (Wildman–Crippen MR) is 99.5 cm³/mol. The summed E-state index contributed by atoms with van der Waals surface area (Å²) in [5.41, 5.74) is 1.58. The second kappa shape index (κ2) is 8.27. The second-order valence-corrected chi connectivity index (χ2v) is 6.72. The first-order valence-corrected chi connectivity index (χ1v) is 8.91. The molecule has 0 aliphatic carbocycles. The van der Waals surface area contributed by atoms with Crippen molar-refractivity contribution in [3.05, 3.63) is 54.0 Å². The monoisotopic (exact) mass is 357 g/mol. The summed E-state index contributed by atoms with van der Waals surface area (Å²) in [4.78, 5) is 20.4. The highest BCUT2D eigenvalue weighted by Gasteiger charge is 2.19. The van der Waals surface area contributed by atoms with E-state index in [-0.39, 0.29) is 18.3 Å². The van der Waals surface area contributed by atoms with Gasteiger partial charge in [0.25, 0.3) is 0 Å². The van der Waals surface area contributed by atoms with Gasteiger partial charge in [-0.1, -0.05) is 6.07 Å². The van der Waals surface area contributed by atoms with Gasteiger partial charge in [-0.2, -0.15) is 0 Å². The highest BCUT2D eigenvalue weighted by Crippen LogP contribution is 2.23. The summed E-state index contributed by atoms with van der Waals surface area (Å²) in [5, 5.41) is 9.23. The van der Waals surface area contributed by atoms with E-state index >= 15 is 0 Å². The topological polar surface area (TPSA) is 56.7 Å². The van der Waals surface area contributed by atoms with Gasteiger partial charge in [-0.25, -0.2) is 9.37 Å². The number of aliphatic hydroxyl groups excluding tert-OH is 1. The van der Waals surface area contributed by atoms with E-state index in [4.69, 9.17) is 0 Å². The molecule has 0 spiro atoms. The second-order valence-electron chi connectivity index (χ2n) is 6.72. The van der Waals surface area contributed by atoms with Crippen LogP contribution in [-0.4, -0.2) is 35.7 Å². The van der Waals surface area contributed by atoms with Gasteiger partial charge in [0.2, 0.25) is 5.91 Å². The molecule has 138 valence electrons. The molecule has 0 atom stereocenters. The molecule has 0 saturated carbocycles. The van der Waals surface area contributed by atoms with Crippen LogP contribution in [0.25, 0.3) is 0 Å². The average molecular weight is 357 g/mol. The summed E-state index contributed by atoms with van der Waals surface area (Å²) >= 11 is 0. The first kappa shape index (κ1) is 18.3. The minimum atomic E-state index is -0.326. The lowest BCUT2D eigenvalue weighted by Gasteiger charge is -2.32. The van der Waals surface area contributed by atoms with E-state index in [0.717, 1.165) is 37.3 Å². The maximum absolute atomic E-state index is 13.1. The molecule has 1 saturated heterocycles. The van der Waals surface area contributed by atoms with Crippen molar-refractivity contribution in [2.75, 3.05) is 29.5 Å². The maximum atomic E-state index is 13.1. The summed E-state index contributed by atoms with van der Waals surface area (Å²) in [6.07, 6.45) is 3.73. The van der Waals surface area contributed by atoms with Crippen molar-refractivity contribution < 1.29 is 14.3 Å². The van der Waals surface area contributed by atoms with Crippen molar-refractivity contribution in [2.45, 2.75) is 26.3 Å². The summed E-state index contributed by atoms with van der Waals surface area (Å²) < 4.78 is 13.1. The first-order chi connectivity index (χ1) is 12.6. The number of piperidine rings is 1. The number of amides is 1. The number of aromatic nitrogens is 1. The zero-order valence-corrected chi connectivity index (χ0v) is 14.9. The number of aliphatic hydroxyl groups is 1. The number of carbonyl (C=O) groups excluding carboxylic acids is 1. The molecule has 1 aromatic carbocycles. The van der Waals surface area contributed by atoms with Crippen LogP contribution in [0, 0.1) is 11.7 Å². The maximum Gasteiger partial charge on any atom is 0.224 e. The molecule has 6 heteroatoms. The van der Waals surface area contributed by atoms with Crippen LogP contribution in [0.3, 0.4) is 0 Å². The van der Waals surface area contributed by atoms with Crippen LogP contribution < -0.4 is 9.80 Å². The van der Waals surface area contributed by atoms with Crippen LogP contribution in [0.4, 0.5) is 15.9 Å². The van der Waals surface area contributed by atoms with Gasteiger partial charge in [0.05, 0.1) is 6.54 Å². The molecular formula is C20H24FN3O2. The largest absolute Gasteiger partial charge is 0.396 e. The molecule has 1 aliphatic rings. The van der Waals surface area contributed by atoms with Crippen molar-refractivity contribution in [1.29, 1.82) is 0 Å². The van der Waals surface area contributed by atoms with E-state index in [9.17, 15) is 14.3 Å². The van der Waals surface area contributed by atoms with Crippen molar-refractivity contribution in [1.82, 2.24) is 4.98 Å². The van der Waals surface area contributed by atoms with Crippen LogP contribution in [0.5, 0.6) is 0 Å². The lowest BCUT2D eigenvalue weighted by atomic mass is 9.98. The SMILES string of the molecule is CC(=O)N(Cc1ccc(N2CCC(CO)CC2)nc1)c1ccc(F)cc1. The molecule has 1 aliphatic heterocycles. The van der Waals surface area contributed by atoms with Crippen molar-refractivity contribution in [3.8, 4) is 0 Å². The van der Waals surface area contributed by atoms with Gasteiger partial charge in [0.15, 0.2) is 0 Å². The third kappa shape index (κ3) is 4.38. The predicted octanol–water partition coefficient (Wildman–Crippen LogP) is 2.98. The fourth-order valence-electron chi connectivity index (χ4n) is 3.23. The van der Waals surface area contributed by atoms with Crippen molar-refractivity contribution in [2.24, 2.45) is 5.92 Å². The molecule has 1 aromatic heterocycles. The van der Waals surface area contributed by atoms with E-state index in [1.54, 1.807) is 23.2 Å². The number of hydrogen-bond donors (Lipinski definition) is 1. The lowest BCUT2D eigenvalue weighted by Crippen LogP contribution is -2.35. The summed E-state index contributed by atoms with van der Waals surface area (Å²) in [6, 6.07) is 9.84. The molecule has 3 rings (SSSR count). The molecule has 0 radical (unpaired) electrons. The number of rotatable bonds is 5. The quantitative estimate of drug-likeness (QED) is 0.894.